The van der Waals surface area contributed by atoms with Crippen molar-refractivity contribution in [2.24, 2.45) is 5.41 Å². The molecule has 6 amide bonds. The number of carbonyl (C=O) groups is 6. The van der Waals surface area contributed by atoms with Crippen molar-refractivity contribution in [3.63, 3.8) is 0 Å². The fourth-order valence-electron chi connectivity index (χ4n) is 7.29. The highest BCUT2D eigenvalue weighted by Gasteiger charge is 2.46. The molecule has 4 heterocycles. The van der Waals surface area contributed by atoms with Crippen molar-refractivity contribution in [2.45, 2.75) is 91.0 Å². The molecule has 0 radical (unpaired) electrons. The van der Waals surface area contributed by atoms with Gasteiger partial charge < -0.3 is 34.4 Å². The Morgan fingerprint density at radius 2 is 1.73 bits per heavy atom. The second kappa shape index (κ2) is 17.9. The second-order valence-electron chi connectivity index (χ2n) is 17.3. The molecule has 2 aromatic carbocycles. The lowest BCUT2D eigenvalue weighted by Gasteiger charge is -2.32. The summed E-state index contributed by atoms with van der Waals surface area (Å²) >= 11 is 7.25. The number of methoxy groups -OCH3 is 1. The first-order valence-corrected chi connectivity index (χ1v) is 21.4. The van der Waals surface area contributed by atoms with Crippen LogP contribution in [0.1, 0.15) is 94.0 Å². The molecule has 1 fully saturated rings. The van der Waals surface area contributed by atoms with Gasteiger partial charge in [0.1, 0.15) is 24.4 Å². The number of nitrogens with zero attached hydrogens (tertiary/aromatic N) is 2. The van der Waals surface area contributed by atoms with Gasteiger partial charge in [0, 0.05) is 28.6 Å². The summed E-state index contributed by atoms with van der Waals surface area (Å²) in [5.74, 6) is -3.85. The fourth-order valence-corrected chi connectivity index (χ4v) is 9.44. The van der Waals surface area contributed by atoms with Gasteiger partial charge in [0.25, 0.3) is 11.8 Å². The Kier molecular flexibility index (Phi) is 13.4. The van der Waals surface area contributed by atoms with Crippen LogP contribution in [0.5, 0.6) is 11.5 Å². The molecule has 1 saturated heterocycles. The average Bonchev–Trinajstić information content (AvgIpc) is 3.45. The maximum Gasteiger partial charge on any atom is 0.264 e. The molecule has 0 aliphatic carbocycles. The molecule has 1 unspecified atom stereocenters. The van der Waals surface area contributed by atoms with E-state index in [2.05, 4.69) is 52.8 Å². The van der Waals surface area contributed by atoms with Crippen LogP contribution in [0.25, 0.3) is 22.4 Å². The van der Waals surface area contributed by atoms with E-state index >= 15 is 0 Å². The van der Waals surface area contributed by atoms with Crippen LogP contribution in [0.3, 0.4) is 0 Å². The van der Waals surface area contributed by atoms with Crippen LogP contribution >= 0.6 is 31.9 Å². The van der Waals surface area contributed by atoms with Crippen molar-refractivity contribution < 1.29 is 52.5 Å². The number of hydrogen-bond acceptors (Lipinski definition) is 13. The number of anilines is 1. The van der Waals surface area contributed by atoms with Crippen molar-refractivity contribution in [2.75, 3.05) is 25.6 Å². The third kappa shape index (κ3) is 9.85. The van der Waals surface area contributed by atoms with Crippen molar-refractivity contribution in [1.29, 1.82) is 0 Å². The van der Waals surface area contributed by atoms with Crippen molar-refractivity contribution in [1.82, 2.24) is 20.5 Å². The summed E-state index contributed by atoms with van der Waals surface area (Å²) in [6.07, 6.45) is 1.47. The van der Waals surface area contributed by atoms with Gasteiger partial charge in [0.05, 0.1) is 57.8 Å². The number of rotatable bonds is 14. The smallest absolute Gasteiger partial charge is 0.264 e. The largest absolute Gasteiger partial charge is 0.503 e. The number of ether oxygens (including phenoxy) is 3. The van der Waals surface area contributed by atoms with Crippen LogP contribution in [0.2, 0.25) is 0 Å². The molecule has 4 aromatic rings. The zero-order chi connectivity index (χ0) is 46.3. The first-order valence-electron chi connectivity index (χ1n) is 19.9. The zero-order valence-electron chi connectivity index (χ0n) is 35.8. The quantitative estimate of drug-likeness (QED) is 0.105. The second-order valence-corrected chi connectivity index (χ2v) is 19.0. The van der Waals surface area contributed by atoms with Gasteiger partial charge >= 0.3 is 0 Å². The SMILES string of the molecule is COc1cc(-c2cc(=O)c3cc(Br)c(C(C)(C)OCCC(C)(C)OCC(=O)N[C@H](C(=O)Nc4cccc5c4C(=O)N(C4CCC(=O)NC4=O)C5=O)C(C)(C)C)c(Br)c3o2)ncc1O. The number of piperidine rings is 1. The fraction of sp³-hybridized carbons (Fsp3) is 0.409. The van der Waals surface area contributed by atoms with E-state index < -0.39 is 70.8 Å². The van der Waals surface area contributed by atoms with E-state index in [1.165, 1.54) is 43.6 Å². The lowest BCUT2D eigenvalue weighted by atomic mass is 9.86. The molecule has 2 atom stereocenters. The Hall–Kier alpha value is -5.50. The highest BCUT2D eigenvalue weighted by Crippen LogP contribution is 2.42. The van der Waals surface area contributed by atoms with Crippen LogP contribution in [-0.2, 0) is 34.3 Å². The van der Waals surface area contributed by atoms with E-state index in [4.69, 9.17) is 18.6 Å². The molecular formula is C44H47Br2N5O12. The molecule has 6 rings (SSSR count). The molecule has 2 aliphatic rings. The van der Waals surface area contributed by atoms with Crippen LogP contribution in [-0.4, -0.2) is 88.4 Å². The monoisotopic (exact) mass is 995 g/mol. The number of pyridine rings is 1. The van der Waals surface area contributed by atoms with E-state index in [9.17, 15) is 38.7 Å². The molecule has 4 N–H and O–H groups in total. The number of benzene rings is 2. The predicted octanol–water partition coefficient (Wildman–Crippen LogP) is 6.10. The minimum Gasteiger partial charge on any atom is -0.503 e. The molecule has 19 heteroatoms. The molecule has 0 bridgehead atoms. The van der Waals surface area contributed by atoms with E-state index in [0.717, 1.165) is 4.90 Å². The molecule has 334 valence electrons. The van der Waals surface area contributed by atoms with Gasteiger partial charge in [-0.2, -0.15) is 0 Å². The maximum atomic E-state index is 13.8. The number of aromatic hydroxyl groups is 1. The van der Waals surface area contributed by atoms with Gasteiger partial charge in [-0.1, -0.05) is 42.8 Å². The van der Waals surface area contributed by atoms with Crippen LogP contribution < -0.4 is 26.1 Å². The maximum absolute atomic E-state index is 13.8. The van der Waals surface area contributed by atoms with E-state index in [1.54, 1.807) is 40.7 Å². The van der Waals surface area contributed by atoms with Gasteiger partial charge in [-0.05, 0) is 80.1 Å². The van der Waals surface area contributed by atoms with Crippen LogP contribution in [0.15, 0.2) is 60.8 Å². The molecule has 17 nitrogen and oxygen atoms in total. The average molecular weight is 998 g/mol. The Labute approximate surface area is 378 Å². The number of carbonyl (C=O) groups excluding carboxylic acids is 6. The Bertz CT molecular complexity index is 2620. The lowest BCUT2D eigenvalue weighted by Crippen LogP contribution is -2.54. The van der Waals surface area contributed by atoms with E-state index in [1.807, 2.05) is 13.8 Å². The Balaban J connectivity index is 1.09. The molecule has 2 aliphatic heterocycles. The lowest BCUT2D eigenvalue weighted by molar-refractivity contribution is -0.137. The normalized spacial score (nSPS) is 16.2. The molecule has 63 heavy (non-hydrogen) atoms. The first-order chi connectivity index (χ1) is 29.4. The van der Waals surface area contributed by atoms with Gasteiger partial charge in [-0.3, -0.25) is 43.8 Å². The van der Waals surface area contributed by atoms with Crippen molar-refractivity contribution in [3.8, 4) is 23.0 Å². The van der Waals surface area contributed by atoms with Gasteiger partial charge in [0.2, 0.25) is 23.6 Å². The highest BCUT2D eigenvalue weighted by molar-refractivity contribution is 9.11. The summed E-state index contributed by atoms with van der Waals surface area (Å²) < 4.78 is 24.9. The van der Waals surface area contributed by atoms with Gasteiger partial charge in [0.15, 0.2) is 28.3 Å². The number of amides is 6. The number of halogens is 2. The van der Waals surface area contributed by atoms with E-state index in [-0.39, 0.29) is 70.2 Å². The molecular weight excluding hydrogens is 950 g/mol. The standard InChI is InChI=1S/C44H47Br2N5O12/c1-42(2,3)37(39(57)48-24-11-9-10-21-33(24)41(59)51(40(21)58)26-12-13-31(54)50-38(26)56)49-32(55)20-62-43(4,5)14-15-61-44(6,7)34-23(45)16-22-27(52)18-29(63-36(22)35(34)46)25-17-30(60-8)28(53)19-47-25/h9-11,16-19,26,37,53H,12-15,20H2,1-8H3,(H,48,57)(H,49,55)(H,50,54,56)/t26?,37-/m1/s1. The number of aromatic nitrogens is 1. The number of nitrogens with one attached hydrogen (secondary N) is 3. The topological polar surface area (TPSA) is 233 Å². The van der Waals surface area contributed by atoms with Crippen LogP contribution in [0, 0.1) is 5.41 Å². The Morgan fingerprint density at radius 1 is 1.02 bits per heavy atom. The van der Waals surface area contributed by atoms with E-state index in [0.29, 0.717) is 26.3 Å². The molecule has 0 spiro atoms. The van der Waals surface area contributed by atoms with Gasteiger partial charge in [-0.15, -0.1) is 0 Å². The predicted molar refractivity (Wildman–Crippen MR) is 236 cm³/mol. The third-order valence-corrected chi connectivity index (χ3v) is 12.1. The summed E-state index contributed by atoms with van der Waals surface area (Å²) in [5, 5.41) is 17.9. The summed E-state index contributed by atoms with van der Waals surface area (Å²) in [6, 6.07) is 6.48. The minimum absolute atomic E-state index is 0.00674. The highest BCUT2D eigenvalue weighted by atomic mass is 79.9. The molecule has 2 aromatic heterocycles. The Morgan fingerprint density at radius 3 is 2.40 bits per heavy atom. The molecule has 0 saturated carbocycles. The zero-order valence-corrected chi connectivity index (χ0v) is 39.0. The summed E-state index contributed by atoms with van der Waals surface area (Å²) in [6.45, 7) is 12.3. The minimum atomic E-state index is -1.18. The van der Waals surface area contributed by atoms with Crippen LogP contribution in [0.4, 0.5) is 5.69 Å². The summed E-state index contributed by atoms with van der Waals surface area (Å²) in [4.78, 5) is 96.6. The first kappa shape index (κ1) is 47.0. The summed E-state index contributed by atoms with van der Waals surface area (Å²) in [7, 11) is 1.40. The number of imide groups is 2. The van der Waals surface area contributed by atoms with Gasteiger partial charge in [-0.25, -0.2) is 4.98 Å². The summed E-state index contributed by atoms with van der Waals surface area (Å²) in [5.41, 5.74) is -1.87. The number of hydrogen-bond donors (Lipinski definition) is 4. The third-order valence-electron chi connectivity index (χ3n) is 10.8. The van der Waals surface area contributed by atoms with Crippen molar-refractivity contribution >= 4 is 84.0 Å². The van der Waals surface area contributed by atoms with Crippen molar-refractivity contribution in [3.05, 3.63) is 78.5 Å². The number of fused-ring (bicyclic) bond motifs is 2.